The molecule has 1 aliphatic heterocycles. The highest BCUT2D eigenvalue weighted by Crippen LogP contribution is 2.21. The van der Waals surface area contributed by atoms with Gasteiger partial charge in [0.2, 0.25) is 6.43 Å². The lowest BCUT2D eigenvalue weighted by atomic mass is 10.0. The Morgan fingerprint density at radius 2 is 2.00 bits per heavy atom. The summed E-state index contributed by atoms with van der Waals surface area (Å²) in [6.45, 7) is 1.48. The lowest BCUT2D eigenvalue weighted by Crippen LogP contribution is -2.50. The molecule has 1 saturated heterocycles. The molecule has 1 N–H and O–H groups in total. The molecule has 0 atom stereocenters. The van der Waals surface area contributed by atoms with Crippen LogP contribution >= 0.6 is 12.4 Å². The molecule has 0 bridgehead atoms. The summed E-state index contributed by atoms with van der Waals surface area (Å²) in [5.74, 6) is -0.452. The molecular weight excluding hydrogens is 176 g/mol. The van der Waals surface area contributed by atoms with Gasteiger partial charge in [0.25, 0.3) is 0 Å². The zero-order valence-corrected chi connectivity index (χ0v) is 6.86. The number of hydrogen-bond donors (Lipinski definition) is 1. The van der Waals surface area contributed by atoms with Crippen LogP contribution in [0.1, 0.15) is 0 Å². The van der Waals surface area contributed by atoms with Crippen LogP contribution in [0, 0.1) is 5.92 Å². The van der Waals surface area contributed by atoms with E-state index in [0.29, 0.717) is 19.6 Å². The molecule has 68 valence electrons. The Morgan fingerprint density at radius 1 is 1.45 bits per heavy atom. The second kappa shape index (κ2) is 4.85. The molecule has 0 aromatic carbocycles. The Hall–Kier alpha value is 0.0700. The van der Waals surface area contributed by atoms with Crippen LogP contribution in [0.3, 0.4) is 0 Å². The molecule has 0 aliphatic carbocycles. The summed E-state index contributed by atoms with van der Waals surface area (Å²) in [5, 5.41) is 8.40. The Bertz CT molecular complexity index is 109. The van der Waals surface area contributed by atoms with Gasteiger partial charge < -0.3 is 5.11 Å². The first kappa shape index (κ1) is 11.1. The topological polar surface area (TPSA) is 23.5 Å². The highest BCUT2D eigenvalue weighted by atomic mass is 35.5. The van der Waals surface area contributed by atoms with Crippen LogP contribution in [-0.4, -0.2) is 42.7 Å². The summed E-state index contributed by atoms with van der Waals surface area (Å²) in [6.07, 6.45) is -2.19. The van der Waals surface area contributed by atoms with Crippen LogP contribution in [0.25, 0.3) is 0 Å². The van der Waals surface area contributed by atoms with E-state index in [2.05, 4.69) is 0 Å². The zero-order chi connectivity index (χ0) is 7.56. The van der Waals surface area contributed by atoms with Crippen molar-refractivity contribution in [1.82, 2.24) is 4.90 Å². The van der Waals surface area contributed by atoms with E-state index in [4.69, 9.17) is 5.11 Å². The summed E-state index contributed by atoms with van der Waals surface area (Å²) in [7, 11) is 0. The molecule has 11 heavy (non-hydrogen) atoms. The fourth-order valence-electron chi connectivity index (χ4n) is 1.09. The molecule has 1 rings (SSSR count). The summed E-state index contributed by atoms with van der Waals surface area (Å²) in [5.41, 5.74) is 0. The third kappa shape index (κ3) is 2.89. The first-order chi connectivity index (χ1) is 4.74. The number of alkyl halides is 2. The third-order valence-corrected chi connectivity index (χ3v) is 1.76. The lowest BCUT2D eigenvalue weighted by Gasteiger charge is -2.38. The monoisotopic (exact) mass is 187 g/mol. The van der Waals surface area contributed by atoms with Crippen LogP contribution in [0.15, 0.2) is 0 Å². The molecule has 5 heteroatoms. The van der Waals surface area contributed by atoms with E-state index in [1.165, 1.54) is 0 Å². The maximum Gasteiger partial charge on any atom is 0.243 e. The Balaban J connectivity index is 0.000001000. The van der Waals surface area contributed by atoms with E-state index in [1.807, 2.05) is 4.90 Å². The molecular formula is C6H12ClF2NO. The zero-order valence-electron chi connectivity index (χ0n) is 6.04. The van der Waals surface area contributed by atoms with E-state index in [-0.39, 0.29) is 19.0 Å². The standard InChI is InChI=1S/C6H11F2NO.ClH/c7-6(8)5-3-9(4-5)1-2-10;/h5-6,10H,1-4H2;1H. The van der Waals surface area contributed by atoms with Gasteiger partial charge in [-0.25, -0.2) is 8.78 Å². The van der Waals surface area contributed by atoms with E-state index in [0.717, 1.165) is 0 Å². The molecule has 1 aliphatic rings. The van der Waals surface area contributed by atoms with Gasteiger partial charge in [0, 0.05) is 25.6 Å². The van der Waals surface area contributed by atoms with Crippen LogP contribution in [0.4, 0.5) is 8.78 Å². The maximum absolute atomic E-state index is 11.8. The Kier molecular flexibility index (Phi) is 4.88. The number of nitrogens with zero attached hydrogens (tertiary/aromatic N) is 1. The molecule has 1 heterocycles. The summed E-state index contributed by atoms with van der Waals surface area (Å²) >= 11 is 0. The van der Waals surface area contributed by atoms with Crippen molar-refractivity contribution in [2.75, 3.05) is 26.2 Å². The molecule has 0 saturated carbocycles. The smallest absolute Gasteiger partial charge is 0.243 e. The van der Waals surface area contributed by atoms with E-state index in [9.17, 15) is 8.78 Å². The van der Waals surface area contributed by atoms with Crippen LogP contribution < -0.4 is 0 Å². The Labute approximate surface area is 70.6 Å². The predicted molar refractivity (Wildman–Crippen MR) is 40.3 cm³/mol. The number of rotatable bonds is 3. The van der Waals surface area contributed by atoms with Crippen LogP contribution in [0.2, 0.25) is 0 Å². The molecule has 0 amide bonds. The first-order valence-electron chi connectivity index (χ1n) is 3.35. The van der Waals surface area contributed by atoms with Crippen molar-refractivity contribution >= 4 is 12.4 Å². The maximum atomic E-state index is 11.8. The first-order valence-corrected chi connectivity index (χ1v) is 3.35. The van der Waals surface area contributed by atoms with Crippen molar-refractivity contribution in [3.05, 3.63) is 0 Å². The molecule has 0 unspecified atom stereocenters. The van der Waals surface area contributed by atoms with Crippen molar-refractivity contribution in [2.24, 2.45) is 5.92 Å². The minimum Gasteiger partial charge on any atom is -0.395 e. The normalized spacial score (nSPS) is 19.6. The van der Waals surface area contributed by atoms with E-state index >= 15 is 0 Å². The molecule has 1 fully saturated rings. The van der Waals surface area contributed by atoms with E-state index < -0.39 is 12.3 Å². The van der Waals surface area contributed by atoms with Crippen molar-refractivity contribution in [2.45, 2.75) is 6.43 Å². The Morgan fingerprint density at radius 3 is 2.36 bits per heavy atom. The molecule has 0 aromatic heterocycles. The fourth-order valence-corrected chi connectivity index (χ4v) is 1.09. The van der Waals surface area contributed by atoms with Gasteiger partial charge in [0.15, 0.2) is 0 Å². The number of aliphatic hydroxyl groups excluding tert-OH is 1. The summed E-state index contributed by atoms with van der Waals surface area (Å²) < 4.78 is 23.6. The summed E-state index contributed by atoms with van der Waals surface area (Å²) in [6, 6.07) is 0. The number of aliphatic hydroxyl groups is 1. The molecule has 0 radical (unpaired) electrons. The third-order valence-electron chi connectivity index (χ3n) is 1.76. The van der Waals surface area contributed by atoms with Gasteiger partial charge in [-0.15, -0.1) is 12.4 Å². The number of β-amino-alcohol motifs (C(OH)–C–C–N with tert-alkyl or cyclic N) is 1. The SMILES string of the molecule is Cl.OCCN1CC(C(F)F)C1. The predicted octanol–water partition coefficient (Wildman–Crippen LogP) is 0.597. The number of hydrogen-bond acceptors (Lipinski definition) is 2. The molecule has 2 nitrogen and oxygen atoms in total. The van der Waals surface area contributed by atoms with Crippen molar-refractivity contribution in [3.63, 3.8) is 0 Å². The highest BCUT2D eigenvalue weighted by molar-refractivity contribution is 5.85. The van der Waals surface area contributed by atoms with Gasteiger partial charge in [-0.3, -0.25) is 4.90 Å². The van der Waals surface area contributed by atoms with Crippen LogP contribution in [0.5, 0.6) is 0 Å². The highest BCUT2D eigenvalue weighted by Gasteiger charge is 2.32. The number of halogens is 3. The lowest BCUT2D eigenvalue weighted by molar-refractivity contribution is -0.0292. The average molecular weight is 188 g/mol. The van der Waals surface area contributed by atoms with Gasteiger partial charge in [0.05, 0.1) is 6.61 Å². The quantitative estimate of drug-likeness (QED) is 0.700. The minimum absolute atomic E-state index is 0. The average Bonchev–Trinajstić information content (AvgIpc) is 1.76. The van der Waals surface area contributed by atoms with Crippen molar-refractivity contribution in [1.29, 1.82) is 0 Å². The van der Waals surface area contributed by atoms with Gasteiger partial charge in [-0.1, -0.05) is 0 Å². The van der Waals surface area contributed by atoms with Crippen LogP contribution in [-0.2, 0) is 0 Å². The number of likely N-dealkylation sites (tertiary alicyclic amines) is 1. The largest absolute Gasteiger partial charge is 0.395 e. The van der Waals surface area contributed by atoms with Gasteiger partial charge in [-0.05, 0) is 0 Å². The summed E-state index contributed by atoms with van der Waals surface area (Å²) in [4.78, 5) is 1.82. The second-order valence-corrected chi connectivity index (χ2v) is 2.58. The molecule has 0 spiro atoms. The fraction of sp³-hybridized carbons (Fsp3) is 1.00. The second-order valence-electron chi connectivity index (χ2n) is 2.58. The van der Waals surface area contributed by atoms with Crippen molar-refractivity contribution in [3.8, 4) is 0 Å². The minimum atomic E-state index is -2.19. The van der Waals surface area contributed by atoms with Gasteiger partial charge in [-0.2, -0.15) is 0 Å². The van der Waals surface area contributed by atoms with Gasteiger partial charge >= 0.3 is 0 Å². The van der Waals surface area contributed by atoms with Gasteiger partial charge in [0.1, 0.15) is 0 Å². The molecule has 0 aromatic rings. The van der Waals surface area contributed by atoms with E-state index in [1.54, 1.807) is 0 Å². The van der Waals surface area contributed by atoms with Crippen molar-refractivity contribution < 1.29 is 13.9 Å².